The van der Waals surface area contributed by atoms with Crippen LogP contribution in [0.2, 0.25) is 0 Å². The number of carbonyl (C=O) groups excluding carboxylic acids is 2. The molecule has 0 aromatic heterocycles. The molecule has 1 aromatic rings. The van der Waals surface area contributed by atoms with Crippen LogP contribution in [0.3, 0.4) is 0 Å². The monoisotopic (exact) mass is 208 g/mol. The smallest absolute Gasteiger partial charge is 0.295 e. The van der Waals surface area contributed by atoms with E-state index < -0.39 is 5.97 Å². The van der Waals surface area contributed by atoms with Gasteiger partial charge in [0.2, 0.25) is 0 Å². The zero-order valence-electron chi connectivity index (χ0n) is 8.65. The lowest BCUT2D eigenvalue weighted by molar-refractivity contribution is -0.213. The van der Waals surface area contributed by atoms with Crippen molar-refractivity contribution in [2.24, 2.45) is 0 Å². The minimum absolute atomic E-state index is 0.0212. The number of rotatable bonds is 4. The fraction of sp³-hybridized carbons (Fsp3) is 0.273. The van der Waals surface area contributed by atoms with E-state index in [-0.39, 0.29) is 12.2 Å². The predicted molar refractivity (Wildman–Crippen MR) is 53.5 cm³/mol. The summed E-state index contributed by atoms with van der Waals surface area (Å²) < 4.78 is 0. The van der Waals surface area contributed by atoms with E-state index in [1.165, 1.54) is 6.92 Å². The number of hydrogen-bond donors (Lipinski definition) is 0. The van der Waals surface area contributed by atoms with Gasteiger partial charge in [0.15, 0.2) is 11.5 Å². The highest BCUT2D eigenvalue weighted by Gasteiger charge is 2.03. The van der Waals surface area contributed by atoms with Gasteiger partial charge in [0.05, 0.1) is 0 Å². The first-order valence-electron chi connectivity index (χ1n) is 4.62. The average Bonchev–Trinajstić information content (AvgIpc) is 2.26. The van der Waals surface area contributed by atoms with Crippen LogP contribution in [0.25, 0.3) is 0 Å². The van der Waals surface area contributed by atoms with Crippen molar-refractivity contribution in [2.75, 3.05) is 0 Å². The first-order chi connectivity index (χ1) is 7.13. The van der Waals surface area contributed by atoms with Gasteiger partial charge in [-0.2, -0.15) is 0 Å². The summed E-state index contributed by atoms with van der Waals surface area (Å²) in [6, 6.07) is 6.36. The molecule has 0 atom stereocenters. The van der Waals surface area contributed by atoms with Crippen LogP contribution in [0.1, 0.15) is 30.6 Å². The summed E-state index contributed by atoms with van der Waals surface area (Å²) in [6.45, 7) is 3.15. The third kappa shape index (κ3) is 3.42. The Bertz CT molecular complexity index is 353. The van der Waals surface area contributed by atoms with Crippen LogP contribution in [0.4, 0.5) is 0 Å². The molecule has 4 nitrogen and oxygen atoms in total. The maximum atomic E-state index is 10.9. The largest absolute Gasteiger partial charge is 0.355 e. The van der Waals surface area contributed by atoms with Gasteiger partial charge >= 0.3 is 5.97 Å². The Hall–Kier alpha value is -1.84. The van der Waals surface area contributed by atoms with Gasteiger partial charge < -0.3 is 0 Å². The van der Waals surface area contributed by atoms with Crippen LogP contribution in [0.15, 0.2) is 24.3 Å². The van der Waals surface area contributed by atoms with Crippen LogP contribution >= 0.6 is 0 Å². The van der Waals surface area contributed by atoms with Crippen molar-refractivity contribution in [1.29, 1.82) is 0 Å². The second-order valence-corrected chi connectivity index (χ2v) is 2.97. The molecule has 0 aliphatic carbocycles. The van der Waals surface area contributed by atoms with Gasteiger partial charge in [-0.15, -0.1) is 0 Å². The van der Waals surface area contributed by atoms with Crippen LogP contribution in [-0.2, 0) is 9.68 Å². The molecule has 0 N–H and O–H groups in total. The van der Waals surface area contributed by atoms with Gasteiger partial charge in [-0.25, -0.2) is 4.79 Å². The highest BCUT2D eigenvalue weighted by Crippen LogP contribution is 2.12. The van der Waals surface area contributed by atoms with E-state index in [0.717, 1.165) is 0 Å². The number of carbonyl (C=O) groups is 2. The average molecular weight is 208 g/mol. The van der Waals surface area contributed by atoms with Crippen LogP contribution < -0.4 is 4.89 Å². The van der Waals surface area contributed by atoms with Gasteiger partial charge in [-0.05, 0) is 31.2 Å². The molecule has 0 heterocycles. The Labute approximate surface area is 87.7 Å². The predicted octanol–water partition coefficient (Wildman–Crippen LogP) is 2.14. The molecule has 15 heavy (non-hydrogen) atoms. The highest BCUT2D eigenvalue weighted by molar-refractivity contribution is 5.94. The lowest BCUT2D eigenvalue weighted by Crippen LogP contribution is -2.06. The van der Waals surface area contributed by atoms with Gasteiger partial charge in [0.25, 0.3) is 0 Å². The molecular weight excluding hydrogens is 196 g/mol. The van der Waals surface area contributed by atoms with Crippen molar-refractivity contribution in [2.45, 2.75) is 20.3 Å². The quantitative estimate of drug-likeness (QED) is 0.432. The maximum absolute atomic E-state index is 10.9. The zero-order chi connectivity index (χ0) is 11.3. The first-order valence-corrected chi connectivity index (χ1v) is 4.62. The van der Waals surface area contributed by atoms with E-state index in [1.54, 1.807) is 31.2 Å². The minimum Gasteiger partial charge on any atom is -0.295 e. The van der Waals surface area contributed by atoms with E-state index in [1.807, 2.05) is 0 Å². The van der Waals surface area contributed by atoms with Crippen molar-refractivity contribution in [3.05, 3.63) is 29.8 Å². The maximum Gasteiger partial charge on any atom is 0.355 e. The van der Waals surface area contributed by atoms with E-state index in [9.17, 15) is 9.59 Å². The first kappa shape index (κ1) is 11.2. The Kier molecular flexibility index (Phi) is 3.85. The topological polar surface area (TPSA) is 52.6 Å². The number of ketones is 1. The van der Waals surface area contributed by atoms with Crippen molar-refractivity contribution < 1.29 is 19.4 Å². The van der Waals surface area contributed by atoms with E-state index in [2.05, 4.69) is 4.89 Å². The molecule has 4 heteroatoms. The molecule has 1 aromatic carbocycles. The zero-order valence-corrected chi connectivity index (χ0v) is 8.65. The molecule has 80 valence electrons. The summed E-state index contributed by atoms with van der Waals surface area (Å²) in [7, 11) is 0. The standard InChI is InChI=1S/C11H12O4/c1-3-11(13)15-14-10-6-4-9(5-7-10)8(2)12/h4-7H,3H2,1-2H3. The third-order valence-electron chi connectivity index (χ3n) is 1.78. The van der Waals surface area contributed by atoms with Gasteiger partial charge in [0.1, 0.15) is 0 Å². The second-order valence-electron chi connectivity index (χ2n) is 2.97. The van der Waals surface area contributed by atoms with Gasteiger partial charge in [-0.1, -0.05) is 6.92 Å². The highest BCUT2D eigenvalue weighted by atomic mass is 17.2. The number of hydrogen-bond acceptors (Lipinski definition) is 4. The SMILES string of the molecule is CCC(=O)OOc1ccc(C(C)=O)cc1. The lowest BCUT2D eigenvalue weighted by atomic mass is 10.1. The molecule has 0 unspecified atom stereocenters. The fourth-order valence-electron chi connectivity index (χ4n) is 0.899. The molecule has 0 radical (unpaired) electrons. The molecule has 0 fully saturated rings. The molecule has 0 saturated carbocycles. The Balaban J connectivity index is 2.57. The van der Waals surface area contributed by atoms with Crippen molar-refractivity contribution in [1.82, 2.24) is 0 Å². The summed E-state index contributed by atoms with van der Waals surface area (Å²) in [5, 5.41) is 0. The minimum atomic E-state index is -0.439. The molecule has 0 amide bonds. The van der Waals surface area contributed by atoms with Gasteiger partial charge in [-0.3, -0.25) is 14.6 Å². The molecule has 0 spiro atoms. The van der Waals surface area contributed by atoms with Crippen LogP contribution in [-0.4, -0.2) is 11.8 Å². The molecule has 0 saturated heterocycles. The van der Waals surface area contributed by atoms with Crippen LogP contribution in [0.5, 0.6) is 5.75 Å². The van der Waals surface area contributed by atoms with Crippen molar-refractivity contribution in [3.63, 3.8) is 0 Å². The van der Waals surface area contributed by atoms with E-state index >= 15 is 0 Å². The molecule has 0 bridgehead atoms. The molecule has 1 rings (SSSR count). The number of benzene rings is 1. The molecule has 0 aliphatic heterocycles. The molecule has 0 aliphatic rings. The van der Waals surface area contributed by atoms with Crippen LogP contribution in [0, 0.1) is 0 Å². The van der Waals surface area contributed by atoms with E-state index in [0.29, 0.717) is 11.3 Å². The van der Waals surface area contributed by atoms with Gasteiger partial charge in [0, 0.05) is 12.0 Å². The second kappa shape index (κ2) is 5.14. The Morgan fingerprint density at radius 2 is 1.80 bits per heavy atom. The summed E-state index contributed by atoms with van der Waals surface area (Å²) in [6.07, 6.45) is 0.255. The molecular formula is C11H12O4. The normalized spacial score (nSPS) is 9.47. The fourth-order valence-corrected chi connectivity index (χ4v) is 0.899. The number of Topliss-reactive ketones (excluding diaryl/α,β-unsaturated/α-hetero) is 1. The van der Waals surface area contributed by atoms with Crippen molar-refractivity contribution >= 4 is 11.8 Å². The summed E-state index contributed by atoms with van der Waals surface area (Å²) in [4.78, 5) is 30.9. The van der Waals surface area contributed by atoms with Crippen molar-refractivity contribution in [3.8, 4) is 5.75 Å². The Morgan fingerprint density at radius 1 is 1.20 bits per heavy atom. The third-order valence-corrected chi connectivity index (χ3v) is 1.78. The summed E-state index contributed by atoms with van der Waals surface area (Å²) in [5.74, 6) is -0.0699. The summed E-state index contributed by atoms with van der Waals surface area (Å²) >= 11 is 0. The summed E-state index contributed by atoms with van der Waals surface area (Å²) in [5.41, 5.74) is 0.587. The Morgan fingerprint density at radius 3 is 2.27 bits per heavy atom. The lowest BCUT2D eigenvalue weighted by Gasteiger charge is -2.03. The van der Waals surface area contributed by atoms with E-state index in [4.69, 9.17) is 4.89 Å².